The average molecular weight is 334 g/mol. The molecule has 0 heterocycles. The highest BCUT2D eigenvalue weighted by Gasteiger charge is 2.07. The molecule has 0 aliphatic rings. The van der Waals surface area contributed by atoms with Gasteiger partial charge in [-0.1, -0.05) is 52.2 Å². The topological polar surface area (TPSA) is 67.4 Å². The Hall–Kier alpha value is -2.04. The van der Waals surface area contributed by atoms with Gasteiger partial charge < -0.3 is 4.74 Å². The first-order valence-corrected chi connectivity index (χ1v) is 8.87. The van der Waals surface area contributed by atoms with Crippen LogP contribution in [0.3, 0.4) is 0 Å². The highest BCUT2D eigenvalue weighted by atomic mass is 16.5. The van der Waals surface area contributed by atoms with E-state index < -0.39 is 0 Å². The third kappa shape index (κ3) is 7.99. The quantitative estimate of drug-likeness (QED) is 0.506. The zero-order chi connectivity index (χ0) is 17.8. The molecule has 1 aromatic rings. The lowest BCUT2D eigenvalue weighted by molar-refractivity contribution is -0.130. The van der Waals surface area contributed by atoms with Crippen molar-refractivity contribution in [1.82, 2.24) is 10.9 Å². The highest BCUT2D eigenvalue weighted by molar-refractivity contribution is 5.82. The number of nitrogens with one attached hydrogen (secondary N) is 2. The molecule has 1 unspecified atom stereocenters. The first-order chi connectivity index (χ1) is 11.6. The molecule has 1 atom stereocenters. The normalized spacial score (nSPS) is 11.6. The SMILES string of the molecule is CCCCCCC(=O)NNC(=O)COc1ccc(C(C)CC)cc1. The van der Waals surface area contributed by atoms with E-state index in [1.165, 1.54) is 5.56 Å². The van der Waals surface area contributed by atoms with Gasteiger partial charge in [0.25, 0.3) is 5.91 Å². The summed E-state index contributed by atoms with van der Waals surface area (Å²) in [6.45, 7) is 6.32. The number of benzene rings is 1. The minimum Gasteiger partial charge on any atom is -0.484 e. The molecule has 2 amide bonds. The minimum absolute atomic E-state index is 0.126. The van der Waals surface area contributed by atoms with Crippen molar-refractivity contribution < 1.29 is 14.3 Å². The van der Waals surface area contributed by atoms with Crippen molar-refractivity contribution in [2.75, 3.05) is 6.61 Å². The summed E-state index contributed by atoms with van der Waals surface area (Å²) < 4.78 is 5.42. The second-order valence-electron chi connectivity index (χ2n) is 6.07. The van der Waals surface area contributed by atoms with Crippen LogP contribution in [0.25, 0.3) is 0 Å². The van der Waals surface area contributed by atoms with Gasteiger partial charge in [-0.3, -0.25) is 20.4 Å². The van der Waals surface area contributed by atoms with E-state index in [1.54, 1.807) is 0 Å². The number of hydrazine groups is 1. The Morgan fingerprint density at radius 1 is 1.00 bits per heavy atom. The third-order valence-electron chi connectivity index (χ3n) is 4.03. The largest absolute Gasteiger partial charge is 0.484 e. The summed E-state index contributed by atoms with van der Waals surface area (Å²) in [5.41, 5.74) is 6.03. The molecule has 0 aliphatic carbocycles. The maximum Gasteiger partial charge on any atom is 0.276 e. The van der Waals surface area contributed by atoms with Gasteiger partial charge in [0.1, 0.15) is 5.75 Å². The maximum atomic E-state index is 11.7. The molecule has 1 aromatic carbocycles. The van der Waals surface area contributed by atoms with Crippen LogP contribution in [0.4, 0.5) is 0 Å². The number of hydrogen-bond acceptors (Lipinski definition) is 3. The van der Waals surface area contributed by atoms with Gasteiger partial charge in [-0.15, -0.1) is 0 Å². The minimum atomic E-state index is -0.372. The molecule has 24 heavy (non-hydrogen) atoms. The molecule has 0 saturated carbocycles. The number of hydrogen-bond donors (Lipinski definition) is 2. The number of carbonyl (C=O) groups is 2. The monoisotopic (exact) mass is 334 g/mol. The first-order valence-electron chi connectivity index (χ1n) is 8.87. The van der Waals surface area contributed by atoms with Crippen molar-refractivity contribution in [3.8, 4) is 5.75 Å². The van der Waals surface area contributed by atoms with Gasteiger partial charge in [-0.25, -0.2) is 0 Å². The number of unbranched alkanes of at least 4 members (excludes halogenated alkanes) is 3. The molecule has 5 nitrogen and oxygen atoms in total. The molecular weight excluding hydrogens is 304 g/mol. The van der Waals surface area contributed by atoms with Crippen LogP contribution in [0.2, 0.25) is 0 Å². The molecule has 5 heteroatoms. The molecule has 0 radical (unpaired) electrons. The molecule has 0 saturated heterocycles. The fourth-order valence-corrected chi connectivity index (χ4v) is 2.23. The standard InChI is InChI=1S/C19H30N2O3/c1-4-6-7-8-9-18(22)20-21-19(23)14-24-17-12-10-16(11-13-17)15(3)5-2/h10-13,15H,4-9,14H2,1-3H3,(H,20,22)(H,21,23). The van der Waals surface area contributed by atoms with E-state index in [2.05, 4.69) is 31.6 Å². The fraction of sp³-hybridized carbons (Fsp3) is 0.579. The summed E-state index contributed by atoms with van der Waals surface area (Å²) in [4.78, 5) is 23.2. The lowest BCUT2D eigenvalue weighted by Gasteiger charge is -2.11. The molecule has 2 N–H and O–H groups in total. The fourth-order valence-electron chi connectivity index (χ4n) is 2.23. The second kappa shape index (κ2) is 11.5. The average Bonchev–Trinajstić information content (AvgIpc) is 2.61. The van der Waals surface area contributed by atoms with Crippen molar-refractivity contribution in [3.05, 3.63) is 29.8 Å². The van der Waals surface area contributed by atoms with E-state index in [1.807, 2.05) is 24.3 Å². The molecule has 1 rings (SSSR count). The summed E-state index contributed by atoms with van der Waals surface area (Å²) in [5.74, 6) is 0.609. The van der Waals surface area contributed by atoms with Crippen LogP contribution in [0.1, 0.15) is 70.8 Å². The maximum absolute atomic E-state index is 11.7. The van der Waals surface area contributed by atoms with E-state index in [-0.39, 0.29) is 18.4 Å². The summed E-state index contributed by atoms with van der Waals surface area (Å²) in [7, 11) is 0. The summed E-state index contributed by atoms with van der Waals surface area (Å²) >= 11 is 0. The number of ether oxygens (including phenoxy) is 1. The lowest BCUT2D eigenvalue weighted by Crippen LogP contribution is -2.43. The van der Waals surface area contributed by atoms with Crippen LogP contribution in [0, 0.1) is 0 Å². The Morgan fingerprint density at radius 2 is 1.67 bits per heavy atom. The number of rotatable bonds is 10. The summed E-state index contributed by atoms with van der Waals surface area (Å²) in [6, 6.07) is 7.75. The van der Waals surface area contributed by atoms with Crippen molar-refractivity contribution in [2.45, 2.75) is 65.2 Å². The Morgan fingerprint density at radius 3 is 2.29 bits per heavy atom. The van der Waals surface area contributed by atoms with E-state index >= 15 is 0 Å². The van der Waals surface area contributed by atoms with Gasteiger partial charge >= 0.3 is 0 Å². The van der Waals surface area contributed by atoms with Gasteiger partial charge in [-0.05, 0) is 36.5 Å². The molecule has 0 spiro atoms. The van der Waals surface area contributed by atoms with Gasteiger partial charge in [-0.2, -0.15) is 0 Å². The van der Waals surface area contributed by atoms with E-state index in [9.17, 15) is 9.59 Å². The van der Waals surface area contributed by atoms with Gasteiger partial charge in [0.15, 0.2) is 6.61 Å². The van der Waals surface area contributed by atoms with E-state index in [0.29, 0.717) is 18.1 Å². The van der Waals surface area contributed by atoms with E-state index in [4.69, 9.17) is 4.74 Å². The van der Waals surface area contributed by atoms with Crippen LogP contribution in [-0.4, -0.2) is 18.4 Å². The van der Waals surface area contributed by atoms with Crippen LogP contribution in [-0.2, 0) is 9.59 Å². The zero-order valence-corrected chi connectivity index (χ0v) is 15.1. The van der Waals surface area contributed by atoms with Crippen LogP contribution < -0.4 is 15.6 Å². The van der Waals surface area contributed by atoms with Crippen molar-refractivity contribution in [1.29, 1.82) is 0 Å². The Labute approximate surface area is 145 Å². The smallest absolute Gasteiger partial charge is 0.276 e. The Balaban J connectivity index is 2.22. The van der Waals surface area contributed by atoms with Crippen molar-refractivity contribution >= 4 is 11.8 Å². The third-order valence-corrected chi connectivity index (χ3v) is 4.03. The predicted octanol–water partition coefficient (Wildman–Crippen LogP) is 3.70. The molecule has 0 bridgehead atoms. The number of carbonyl (C=O) groups excluding carboxylic acids is 2. The molecule has 0 aliphatic heterocycles. The van der Waals surface area contributed by atoms with Crippen LogP contribution >= 0.6 is 0 Å². The van der Waals surface area contributed by atoms with Gasteiger partial charge in [0.2, 0.25) is 5.91 Å². The van der Waals surface area contributed by atoms with Crippen molar-refractivity contribution in [2.24, 2.45) is 0 Å². The van der Waals surface area contributed by atoms with Crippen LogP contribution in [0.15, 0.2) is 24.3 Å². The second-order valence-corrected chi connectivity index (χ2v) is 6.07. The van der Waals surface area contributed by atoms with Crippen molar-refractivity contribution in [3.63, 3.8) is 0 Å². The van der Waals surface area contributed by atoms with Gasteiger partial charge in [0, 0.05) is 6.42 Å². The summed E-state index contributed by atoms with van der Waals surface area (Å²) in [5, 5.41) is 0. The molecule has 0 aromatic heterocycles. The summed E-state index contributed by atoms with van der Waals surface area (Å²) in [6.07, 6.45) is 5.65. The molecule has 134 valence electrons. The Kier molecular flexibility index (Phi) is 9.58. The number of amides is 2. The van der Waals surface area contributed by atoms with Crippen LogP contribution in [0.5, 0.6) is 5.75 Å². The lowest BCUT2D eigenvalue weighted by atomic mass is 9.99. The predicted molar refractivity (Wildman–Crippen MR) is 95.7 cm³/mol. The van der Waals surface area contributed by atoms with E-state index in [0.717, 1.165) is 32.1 Å². The molecule has 0 fully saturated rings. The Bertz CT molecular complexity index is 500. The highest BCUT2D eigenvalue weighted by Crippen LogP contribution is 2.21. The molecular formula is C19H30N2O3. The van der Waals surface area contributed by atoms with Gasteiger partial charge in [0.05, 0.1) is 0 Å². The first kappa shape index (κ1) is 20.0. The zero-order valence-electron chi connectivity index (χ0n) is 15.1.